The van der Waals surface area contributed by atoms with Gasteiger partial charge in [0.25, 0.3) is 0 Å². The summed E-state index contributed by atoms with van der Waals surface area (Å²) >= 11 is 0. The molecule has 0 fully saturated rings. The molecule has 0 spiro atoms. The van der Waals surface area contributed by atoms with E-state index >= 15 is 0 Å². The fourth-order valence-corrected chi connectivity index (χ4v) is 0. The van der Waals surface area contributed by atoms with Gasteiger partial charge in [-0.05, 0) is 0 Å². The zero-order chi connectivity index (χ0) is 16.2. The second-order valence-electron chi connectivity index (χ2n) is 4.24. The van der Waals surface area contributed by atoms with Crippen LogP contribution in [0.5, 0.6) is 0 Å². The maximum absolute atomic E-state index is 2.26. The summed E-state index contributed by atoms with van der Waals surface area (Å²) in [6, 6.07) is 0. The van der Waals surface area contributed by atoms with Crippen LogP contribution < -0.4 is 0 Å². The molecule has 0 aromatic carbocycles. The Morgan fingerprint density at radius 2 is 0.263 bits per heavy atom. The van der Waals surface area contributed by atoms with Gasteiger partial charge in [0.1, 0.15) is 0 Å². The first-order chi connectivity index (χ1) is 8.49. The van der Waals surface area contributed by atoms with Crippen molar-refractivity contribution in [2.75, 3.05) is 0 Å². The van der Waals surface area contributed by atoms with E-state index in [1.807, 2.05) is 0 Å². The molecule has 0 bridgehead atoms. The standard InChI is InChI=1S/6C2H8Si.Li.H/c6*1-3-2;;/h6*3H2,1-2H3;;. The molecule has 0 amide bonds. The van der Waals surface area contributed by atoms with E-state index in [-0.39, 0.29) is 18.9 Å². The van der Waals surface area contributed by atoms with Crippen LogP contribution >= 0.6 is 0 Å². The fraction of sp³-hybridized carbons (Fsp3) is 1.00. The molecule has 0 rings (SSSR count). The molecule has 0 nitrogen and oxygen atoms in total. The molecular formula is C12H49LiSi6. The van der Waals surface area contributed by atoms with Gasteiger partial charge in [-0.1, -0.05) is 78.6 Å². The Kier molecular flexibility index (Phi) is 257. The number of hydrogen-bond acceptors (Lipinski definition) is 0. The van der Waals surface area contributed by atoms with Gasteiger partial charge in [0, 0.05) is 57.1 Å². The maximum atomic E-state index is 2.26. The number of rotatable bonds is 0. The van der Waals surface area contributed by atoms with Gasteiger partial charge >= 0.3 is 18.9 Å². The summed E-state index contributed by atoms with van der Waals surface area (Å²) in [5.74, 6) is 0. The third-order valence-electron chi connectivity index (χ3n) is 0. The molecule has 0 N–H and O–H groups in total. The van der Waals surface area contributed by atoms with Crippen LogP contribution in [0.1, 0.15) is 0 Å². The molecule has 0 radical (unpaired) electrons. The van der Waals surface area contributed by atoms with Crippen LogP contribution in [-0.2, 0) is 0 Å². The molecule has 0 saturated heterocycles. The molecule has 0 aromatic rings. The molecule has 0 unspecified atom stereocenters. The van der Waals surface area contributed by atoms with Gasteiger partial charge in [0.15, 0.2) is 0 Å². The van der Waals surface area contributed by atoms with E-state index in [9.17, 15) is 0 Å². The summed E-state index contributed by atoms with van der Waals surface area (Å²) in [6.45, 7) is 27.2. The molecule has 0 saturated carbocycles. The third-order valence-corrected chi connectivity index (χ3v) is 0. The fourth-order valence-electron chi connectivity index (χ4n) is 0. The first-order valence-corrected chi connectivity index (χ1v) is 25.5. The zero-order valence-corrected chi connectivity index (χ0v) is 24.7. The molecule has 0 aliphatic carbocycles. The van der Waals surface area contributed by atoms with E-state index < -0.39 is 0 Å². The van der Waals surface area contributed by atoms with Crippen molar-refractivity contribution < 1.29 is 0 Å². The van der Waals surface area contributed by atoms with Crippen molar-refractivity contribution in [3.05, 3.63) is 0 Å². The monoisotopic (exact) mass is 368 g/mol. The van der Waals surface area contributed by atoms with E-state index in [1.54, 1.807) is 0 Å². The summed E-state index contributed by atoms with van der Waals surface area (Å²) in [5.41, 5.74) is 0. The molecule has 7 heteroatoms. The summed E-state index contributed by atoms with van der Waals surface area (Å²) < 4.78 is 0. The van der Waals surface area contributed by atoms with Crippen LogP contribution in [0.3, 0.4) is 0 Å². The molecular weight excluding hydrogens is 320 g/mol. The molecule has 19 heavy (non-hydrogen) atoms. The Bertz CT molecular complexity index is 37.7. The van der Waals surface area contributed by atoms with Crippen LogP contribution in [0.4, 0.5) is 0 Å². The molecule has 0 heterocycles. The van der Waals surface area contributed by atoms with Crippen molar-refractivity contribution in [1.29, 1.82) is 0 Å². The van der Waals surface area contributed by atoms with Crippen LogP contribution in [0.25, 0.3) is 0 Å². The molecule has 0 aliphatic rings. The Balaban J connectivity index is -0.0000000180. The average Bonchev–Trinajstić information content (AvgIpc) is 2.23. The van der Waals surface area contributed by atoms with Crippen molar-refractivity contribution in [3.63, 3.8) is 0 Å². The summed E-state index contributed by atoms with van der Waals surface area (Å²) in [7, 11) is 2.50. The predicted octanol–water partition coefficient (Wildman–Crippen LogP) is 0.860. The van der Waals surface area contributed by atoms with Crippen LogP contribution in [0.2, 0.25) is 78.6 Å². The third kappa shape index (κ3) is 1770. The topological polar surface area (TPSA) is 0 Å². The normalized spacial score (nSPS) is 5.68. The second kappa shape index (κ2) is 114. The molecule has 0 aromatic heterocycles. The van der Waals surface area contributed by atoms with Crippen molar-refractivity contribution in [1.82, 2.24) is 0 Å². The van der Waals surface area contributed by atoms with Gasteiger partial charge in [-0.15, -0.1) is 0 Å². The van der Waals surface area contributed by atoms with Crippen LogP contribution in [0.15, 0.2) is 0 Å². The zero-order valence-electron chi connectivity index (χ0n) is 16.2. The minimum absolute atomic E-state index is 0. The molecule has 122 valence electrons. The van der Waals surface area contributed by atoms with Gasteiger partial charge in [-0.25, -0.2) is 0 Å². The van der Waals surface area contributed by atoms with Gasteiger partial charge in [0.05, 0.1) is 0 Å². The average molecular weight is 369 g/mol. The van der Waals surface area contributed by atoms with Gasteiger partial charge in [-0.2, -0.15) is 0 Å². The van der Waals surface area contributed by atoms with Crippen LogP contribution in [0, 0.1) is 0 Å². The Labute approximate surface area is 154 Å². The minimum atomic E-state index is 0. The Morgan fingerprint density at radius 3 is 0.263 bits per heavy atom. The van der Waals surface area contributed by atoms with E-state index in [1.165, 1.54) is 0 Å². The second-order valence-corrected chi connectivity index (χ2v) is 12.7. The van der Waals surface area contributed by atoms with Gasteiger partial charge in [-0.3, -0.25) is 0 Å². The SMILES string of the molecule is C[SiH2]C.C[SiH2]C.C[SiH2]C.C[SiH2]C.C[SiH2]C.C[SiH2]C.[LiH]. The molecule has 0 atom stereocenters. The number of hydrogen-bond donors (Lipinski definition) is 0. The Morgan fingerprint density at radius 1 is 0.263 bits per heavy atom. The first-order valence-electron chi connectivity index (χ1n) is 8.49. The van der Waals surface area contributed by atoms with E-state index in [2.05, 4.69) is 78.6 Å². The Hall–Kier alpha value is 1.90. The van der Waals surface area contributed by atoms with Crippen molar-refractivity contribution in [3.8, 4) is 0 Å². The van der Waals surface area contributed by atoms with Gasteiger partial charge < -0.3 is 0 Å². The summed E-state index contributed by atoms with van der Waals surface area (Å²) in [4.78, 5) is 0. The van der Waals surface area contributed by atoms with Crippen molar-refractivity contribution in [2.45, 2.75) is 78.6 Å². The predicted molar refractivity (Wildman–Crippen MR) is 129 cm³/mol. The van der Waals surface area contributed by atoms with Gasteiger partial charge in [0.2, 0.25) is 0 Å². The van der Waals surface area contributed by atoms with Crippen LogP contribution in [-0.4, -0.2) is 76.0 Å². The molecule has 0 aliphatic heterocycles. The van der Waals surface area contributed by atoms with E-state index in [4.69, 9.17) is 0 Å². The van der Waals surface area contributed by atoms with Crippen molar-refractivity contribution >= 4 is 76.0 Å². The van der Waals surface area contributed by atoms with E-state index in [0.717, 1.165) is 0 Å². The first kappa shape index (κ1) is 42.8. The summed E-state index contributed by atoms with van der Waals surface area (Å²) in [6.07, 6.45) is 0. The summed E-state index contributed by atoms with van der Waals surface area (Å²) in [5, 5.41) is 0. The van der Waals surface area contributed by atoms with E-state index in [0.29, 0.717) is 57.1 Å². The quantitative estimate of drug-likeness (QED) is 0.556. The van der Waals surface area contributed by atoms with Crippen molar-refractivity contribution in [2.24, 2.45) is 0 Å².